The van der Waals surface area contributed by atoms with Crippen LogP contribution in [0, 0.1) is 5.92 Å². The van der Waals surface area contributed by atoms with Crippen molar-refractivity contribution in [3.8, 4) is 0 Å². The molecule has 0 aliphatic heterocycles. The third kappa shape index (κ3) is 3.07. The van der Waals surface area contributed by atoms with E-state index in [9.17, 15) is 14.4 Å². The lowest BCUT2D eigenvalue weighted by atomic mass is 9.83. The van der Waals surface area contributed by atoms with Crippen LogP contribution in [0.2, 0.25) is 0 Å². The Morgan fingerprint density at radius 2 is 1.78 bits per heavy atom. The molecule has 1 amide bonds. The van der Waals surface area contributed by atoms with Crippen LogP contribution in [0.5, 0.6) is 0 Å². The summed E-state index contributed by atoms with van der Waals surface area (Å²) in [7, 11) is 0. The average molecular weight is 270 g/mol. The lowest BCUT2D eigenvalue weighted by molar-refractivity contribution is -0.148. The van der Waals surface area contributed by atoms with Gasteiger partial charge in [0.2, 0.25) is 5.91 Å². The summed E-state index contributed by atoms with van der Waals surface area (Å²) >= 11 is 5.36. The third-order valence-electron chi connectivity index (χ3n) is 2.54. The fourth-order valence-electron chi connectivity index (χ4n) is 1.73. The number of halogens is 1. The fourth-order valence-corrected chi connectivity index (χ4v) is 1.90. The van der Waals surface area contributed by atoms with Crippen LogP contribution in [0.1, 0.15) is 11.5 Å². The van der Waals surface area contributed by atoms with Crippen molar-refractivity contribution in [2.24, 2.45) is 11.7 Å². The van der Waals surface area contributed by atoms with E-state index in [-0.39, 0.29) is 0 Å². The van der Waals surface area contributed by atoms with E-state index in [1.807, 2.05) is 0 Å². The Balaban J connectivity index is 3.22. The van der Waals surface area contributed by atoms with Gasteiger partial charge in [-0.1, -0.05) is 30.3 Å². The van der Waals surface area contributed by atoms with E-state index in [1.54, 1.807) is 30.3 Å². The molecule has 3 N–H and O–H groups in total. The molecule has 0 aliphatic rings. The maximum atomic E-state index is 11.6. The number of amides is 1. The first-order valence-electron chi connectivity index (χ1n) is 5.14. The molecular weight excluding hydrogens is 258 g/mol. The van der Waals surface area contributed by atoms with Gasteiger partial charge in [-0.15, -0.1) is 11.6 Å². The number of carboxylic acids is 1. The van der Waals surface area contributed by atoms with Crippen LogP contribution in [-0.4, -0.2) is 28.6 Å². The minimum Gasteiger partial charge on any atom is -0.481 e. The maximum Gasteiger partial charge on any atom is 0.315 e. The first-order chi connectivity index (χ1) is 8.49. The van der Waals surface area contributed by atoms with Gasteiger partial charge in [0.15, 0.2) is 5.78 Å². The number of primary amides is 1. The Morgan fingerprint density at radius 1 is 1.22 bits per heavy atom. The summed E-state index contributed by atoms with van der Waals surface area (Å²) in [6.07, 6.45) is 0. The first-order valence-corrected chi connectivity index (χ1v) is 5.68. The Kier molecular flexibility index (Phi) is 4.85. The van der Waals surface area contributed by atoms with E-state index in [4.69, 9.17) is 22.4 Å². The maximum absolute atomic E-state index is 11.6. The van der Waals surface area contributed by atoms with Gasteiger partial charge >= 0.3 is 5.97 Å². The normalized spacial score (nSPS) is 13.6. The number of hydrogen-bond acceptors (Lipinski definition) is 3. The summed E-state index contributed by atoms with van der Waals surface area (Å²) in [5, 5.41) is 9.07. The molecule has 5 nitrogen and oxygen atoms in total. The van der Waals surface area contributed by atoms with Crippen molar-refractivity contribution in [2.75, 3.05) is 5.88 Å². The van der Waals surface area contributed by atoms with Crippen molar-refractivity contribution in [2.45, 2.75) is 5.92 Å². The van der Waals surface area contributed by atoms with Crippen molar-refractivity contribution in [1.29, 1.82) is 0 Å². The number of Topliss-reactive ketones (excluding diaryl/α,β-unsaturated/α-hetero) is 1. The van der Waals surface area contributed by atoms with Gasteiger partial charge in [0.25, 0.3) is 0 Å². The summed E-state index contributed by atoms with van der Waals surface area (Å²) in [5.74, 6) is -6.26. The van der Waals surface area contributed by atoms with E-state index in [0.717, 1.165) is 0 Å². The van der Waals surface area contributed by atoms with E-state index < -0.39 is 35.4 Å². The van der Waals surface area contributed by atoms with Crippen molar-refractivity contribution in [1.82, 2.24) is 0 Å². The molecule has 2 unspecified atom stereocenters. The topological polar surface area (TPSA) is 97.5 Å². The van der Waals surface area contributed by atoms with Crippen LogP contribution in [0.4, 0.5) is 0 Å². The minimum absolute atomic E-state index is 0.385. The summed E-state index contributed by atoms with van der Waals surface area (Å²) < 4.78 is 0. The van der Waals surface area contributed by atoms with Gasteiger partial charge < -0.3 is 10.8 Å². The second kappa shape index (κ2) is 6.16. The van der Waals surface area contributed by atoms with Crippen LogP contribution in [0.15, 0.2) is 30.3 Å². The Hall–Kier alpha value is -1.88. The minimum atomic E-state index is -1.55. The Labute approximate surface area is 109 Å². The van der Waals surface area contributed by atoms with Gasteiger partial charge in [-0.05, 0) is 5.56 Å². The molecule has 1 rings (SSSR count). The fraction of sp³-hybridized carbons (Fsp3) is 0.250. The summed E-state index contributed by atoms with van der Waals surface area (Å²) in [6, 6.07) is 8.07. The van der Waals surface area contributed by atoms with Crippen LogP contribution in [0.25, 0.3) is 0 Å². The molecule has 1 aromatic rings. The highest BCUT2D eigenvalue weighted by molar-refractivity contribution is 6.29. The molecule has 0 saturated carbocycles. The molecule has 0 aromatic heterocycles. The quantitative estimate of drug-likeness (QED) is 0.588. The lowest BCUT2D eigenvalue weighted by Crippen LogP contribution is -2.38. The molecule has 0 saturated heterocycles. The van der Waals surface area contributed by atoms with E-state index >= 15 is 0 Å². The van der Waals surface area contributed by atoms with Crippen molar-refractivity contribution >= 4 is 29.3 Å². The lowest BCUT2D eigenvalue weighted by Gasteiger charge is -2.19. The highest BCUT2D eigenvalue weighted by Gasteiger charge is 2.38. The van der Waals surface area contributed by atoms with Crippen molar-refractivity contribution in [3.05, 3.63) is 35.9 Å². The predicted molar refractivity (Wildman–Crippen MR) is 65.2 cm³/mol. The monoisotopic (exact) mass is 269 g/mol. The highest BCUT2D eigenvalue weighted by Crippen LogP contribution is 2.26. The van der Waals surface area contributed by atoms with Crippen LogP contribution in [-0.2, 0) is 14.4 Å². The van der Waals surface area contributed by atoms with Gasteiger partial charge in [-0.25, -0.2) is 0 Å². The molecule has 0 fully saturated rings. The summed E-state index contributed by atoms with van der Waals surface area (Å²) in [5.41, 5.74) is 5.59. The number of carbonyl (C=O) groups excluding carboxylic acids is 2. The Bertz CT molecular complexity index is 460. The second-order valence-electron chi connectivity index (χ2n) is 3.71. The van der Waals surface area contributed by atoms with Gasteiger partial charge in [0, 0.05) is 0 Å². The smallest absolute Gasteiger partial charge is 0.315 e. The second-order valence-corrected chi connectivity index (χ2v) is 3.97. The molecule has 96 valence electrons. The molecule has 0 spiro atoms. The number of ketones is 1. The molecular formula is C12H12ClNO4. The molecule has 0 bridgehead atoms. The number of alkyl halides is 1. The van der Waals surface area contributed by atoms with Crippen LogP contribution in [0.3, 0.4) is 0 Å². The third-order valence-corrected chi connectivity index (χ3v) is 2.81. The standard InChI is InChI=1S/C12H12ClNO4/c13-6-8(15)10(12(17)18)9(11(14)16)7-4-2-1-3-5-7/h1-5,9-10H,6H2,(H2,14,16)(H,17,18). The zero-order valence-corrected chi connectivity index (χ0v) is 10.1. The van der Waals surface area contributed by atoms with E-state index in [0.29, 0.717) is 5.56 Å². The first kappa shape index (κ1) is 14.2. The van der Waals surface area contributed by atoms with E-state index in [2.05, 4.69) is 0 Å². The van der Waals surface area contributed by atoms with Crippen molar-refractivity contribution in [3.63, 3.8) is 0 Å². The Morgan fingerprint density at radius 3 is 2.17 bits per heavy atom. The number of carboxylic acid groups (broad SMARTS) is 1. The average Bonchev–Trinajstić information content (AvgIpc) is 2.35. The predicted octanol–water partition coefficient (Wildman–Crippen LogP) is 0.764. The summed E-state index contributed by atoms with van der Waals surface area (Å²) in [6.45, 7) is 0. The molecule has 6 heteroatoms. The number of benzene rings is 1. The van der Waals surface area contributed by atoms with Crippen molar-refractivity contribution < 1.29 is 19.5 Å². The number of rotatable bonds is 6. The number of hydrogen-bond donors (Lipinski definition) is 2. The zero-order chi connectivity index (χ0) is 13.7. The molecule has 0 radical (unpaired) electrons. The SMILES string of the molecule is NC(=O)C(c1ccccc1)C(C(=O)O)C(=O)CCl. The van der Waals surface area contributed by atoms with Gasteiger partial charge in [0.1, 0.15) is 5.92 Å². The molecule has 18 heavy (non-hydrogen) atoms. The molecule has 0 aliphatic carbocycles. The van der Waals surface area contributed by atoms with Crippen LogP contribution < -0.4 is 5.73 Å². The number of carbonyl (C=O) groups is 3. The number of nitrogens with two attached hydrogens (primary N) is 1. The summed E-state index contributed by atoms with van der Waals surface area (Å²) in [4.78, 5) is 34.1. The molecule has 1 aromatic carbocycles. The van der Waals surface area contributed by atoms with Gasteiger partial charge in [0.05, 0.1) is 11.8 Å². The highest BCUT2D eigenvalue weighted by atomic mass is 35.5. The molecule has 2 atom stereocenters. The van der Waals surface area contributed by atoms with Crippen LogP contribution >= 0.6 is 11.6 Å². The van der Waals surface area contributed by atoms with Gasteiger partial charge in [-0.3, -0.25) is 14.4 Å². The van der Waals surface area contributed by atoms with E-state index in [1.165, 1.54) is 0 Å². The molecule has 0 heterocycles. The number of aliphatic carboxylic acids is 1. The largest absolute Gasteiger partial charge is 0.481 e. The van der Waals surface area contributed by atoms with Gasteiger partial charge in [-0.2, -0.15) is 0 Å². The zero-order valence-electron chi connectivity index (χ0n) is 9.38.